The number of rotatable bonds is 5. The van der Waals surface area contributed by atoms with E-state index in [1.807, 2.05) is 6.92 Å². The maximum Gasteiger partial charge on any atom is 0.255 e. The summed E-state index contributed by atoms with van der Waals surface area (Å²) < 4.78 is 15.0. The Morgan fingerprint density at radius 1 is 1.03 bits per heavy atom. The SMILES string of the molecule is CC(=O)C(=O)c1cn(C)c2cc(Cl)c(C(=O)N3CC(C)N(Cc4ccc(F)cc4)CC3C)cc12. The van der Waals surface area contributed by atoms with Crippen molar-refractivity contribution >= 4 is 40.0 Å². The summed E-state index contributed by atoms with van der Waals surface area (Å²) in [6, 6.07) is 9.76. The fourth-order valence-electron chi connectivity index (χ4n) is 4.62. The minimum Gasteiger partial charge on any atom is -0.350 e. The predicted octanol–water partition coefficient (Wildman–Crippen LogP) is 4.48. The Labute approximate surface area is 202 Å². The van der Waals surface area contributed by atoms with Gasteiger partial charge in [-0.15, -0.1) is 0 Å². The van der Waals surface area contributed by atoms with Gasteiger partial charge in [-0.2, -0.15) is 0 Å². The fourth-order valence-corrected chi connectivity index (χ4v) is 4.86. The molecule has 1 aliphatic rings. The van der Waals surface area contributed by atoms with E-state index in [9.17, 15) is 18.8 Å². The first-order chi connectivity index (χ1) is 16.1. The highest BCUT2D eigenvalue weighted by molar-refractivity contribution is 6.45. The van der Waals surface area contributed by atoms with Gasteiger partial charge in [0.2, 0.25) is 5.78 Å². The highest BCUT2D eigenvalue weighted by atomic mass is 35.5. The standard InChI is InChI=1S/C26H27ClFN3O3/c1-15-12-31(16(2)11-30(15)13-18-5-7-19(28)8-6-18)26(34)21-9-20-22(25(33)17(3)32)14-29(4)24(20)10-23(21)27/h5-10,14-16H,11-13H2,1-4H3. The lowest BCUT2D eigenvalue weighted by Gasteiger charge is -2.44. The molecule has 0 spiro atoms. The number of carbonyl (C=O) groups excluding carboxylic acids is 3. The van der Waals surface area contributed by atoms with Crippen molar-refractivity contribution in [3.8, 4) is 0 Å². The zero-order valence-corrected chi connectivity index (χ0v) is 20.4. The molecule has 2 heterocycles. The fraction of sp³-hybridized carbons (Fsp3) is 0.346. The van der Waals surface area contributed by atoms with E-state index < -0.39 is 11.6 Å². The second-order valence-electron chi connectivity index (χ2n) is 9.10. The van der Waals surface area contributed by atoms with Crippen molar-refractivity contribution in [3.63, 3.8) is 0 Å². The minimum absolute atomic E-state index is 0.0787. The molecule has 3 aromatic rings. The summed E-state index contributed by atoms with van der Waals surface area (Å²) in [4.78, 5) is 41.8. The zero-order valence-electron chi connectivity index (χ0n) is 19.6. The molecule has 4 rings (SSSR count). The molecular formula is C26H27ClFN3O3. The summed E-state index contributed by atoms with van der Waals surface area (Å²) in [5.74, 6) is -1.63. The van der Waals surface area contributed by atoms with Gasteiger partial charge in [0.25, 0.3) is 5.91 Å². The molecule has 34 heavy (non-hydrogen) atoms. The van der Waals surface area contributed by atoms with E-state index >= 15 is 0 Å². The summed E-state index contributed by atoms with van der Waals surface area (Å²) in [6.07, 6.45) is 1.60. The van der Waals surface area contributed by atoms with Crippen LogP contribution in [-0.4, -0.2) is 57.0 Å². The Bertz CT molecular complexity index is 1280. The number of amides is 1. The number of hydrogen-bond donors (Lipinski definition) is 0. The maximum absolute atomic E-state index is 13.6. The van der Waals surface area contributed by atoms with Crippen molar-refractivity contribution in [2.45, 2.75) is 39.4 Å². The molecule has 0 N–H and O–H groups in total. The van der Waals surface area contributed by atoms with Crippen LogP contribution in [0.4, 0.5) is 4.39 Å². The predicted molar refractivity (Wildman–Crippen MR) is 130 cm³/mol. The molecule has 1 aliphatic heterocycles. The summed E-state index contributed by atoms with van der Waals surface area (Å²) in [6.45, 7) is 7.11. The van der Waals surface area contributed by atoms with Gasteiger partial charge >= 0.3 is 0 Å². The van der Waals surface area contributed by atoms with E-state index in [0.29, 0.717) is 41.1 Å². The topological polar surface area (TPSA) is 62.6 Å². The summed E-state index contributed by atoms with van der Waals surface area (Å²) in [5.41, 5.74) is 2.27. The molecule has 0 bridgehead atoms. The first kappa shape index (κ1) is 24.1. The first-order valence-electron chi connectivity index (χ1n) is 11.2. The van der Waals surface area contributed by atoms with Crippen LogP contribution in [0.5, 0.6) is 0 Å². The van der Waals surface area contributed by atoms with Gasteiger partial charge in [-0.1, -0.05) is 23.7 Å². The Hall–Kier alpha value is -3.03. The van der Waals surface area contributed by atoms with Gasteiger partial charge in [-0.25, -0.2) is 4.39 Å². The summed E-state index contributed by atoms with van der Waals surface area (Å²) in [7, 11) is 1.77. The lowest BCUT2D eigenvalue weighted by molar-refractivity contribution is -0.113. The molecule has 6 nitrogen and oxygen atoms in total. The molecule has 0 radical (unpaired) electrons. The van der Waals surface area contributed by atoms with Crippen LogP contribution in [0.3, 0.4) is 0 Å². The van der Waals surface area contributed by atoms with Gasteiger partial charge in [0.15, 0.2) is 5.78 Å². The molecule has 1 fully saturated rings. The molecule has 2 aromatic carbocycles. The lowest BCUT2D eigenvalue weighted by atomic mass is 10.0. The van der Waals surface area contributed by atoms with Crippen LogP contribution in [0.2, 0.25) is 5.02 Å². The number of benzene rings is 2. The number of Topliss-reactive ketones (excluding diaryl/α,β-unsaturated/α-hetero) is 2. The van der Waals surface area contributed by atoms with Crippen molar-refractivity contribution in [2.75, 3.05) is 13.1 Å². The largest absolute Gasteiger partial charge is 0.350 e. The third-order valence-corrected chi connectivity index (χ3v) is 6.86. The van der Waals surface area contributed by atoms with Crippen molar-refractivity contribution in [3.05, 3.63) is 70.1 Å². The zero-order chi connectivity index (χ0) is 24.7. The summed E-state index contributed by atoms with van der Waals surface area (Å²) >= 11 is 6.52. The van der Waals surface area contributed by atoms with Crippen molar-refractivity contribution in [2.24, 2.45) is 7.05 Å². The van der Waals surface area contributed by atoms with Crippen LogP contribution in [-0.2, 0) is 18.4 Å². The number of hydrogen-bond acceptors (Lipinski definition) is 4. The maximum atomic E-state index is 13.6. The number of aromatic nitrogens is 1. The third kappa shape index (κ3) is 4.50. The first-order valence-corrected chi connectivity index (χ1v) is 11.6. The van der Waals surface area contributed by atoms with E-state index in [1.165, 1.54) is 19.1 Å². The highest BCUT2D eigenvalue weighted by Crippen LogP contribution is 2.30. The van der Waals surface area contributed by atoms with Crippen LogP contribution < -0.4 is 0 Å². The van der Waals surface area contributed by atoms with Crippen LogP contribution in [0.25, 0.3) is 10.9 Å². The van der Waals surface area contributed by atoms with Gasteiger partial charge in [-0.05, 0) is 43.7 Å². The number of piperazine rings is 1. The molecule has 1 amide bonds. The Kier molecular flexibility index (Phi) is 6.60. The van der Waals surface area contributed by atoms with E-state index in [1.54, 1.807) is 47.0 Å². The van der Waals surface area contributed by atoms with Gasteiger partial charge in [0.05, 0.1) is 21.7 Å². The Morgan fingerprint density at radius 3 is 2.35 bits per heavy atom. The van der Waals surface area contributed by atoms with Gasteiger partial charge in [0.1, 0.15) is 5.82 Å². The van der Waals surface area contributed by atoms with Crippen LogP contribution in [0.1, 0.15) is 47.1 Å². The van der Waals surface area contributed by atoms with Crippen molar-refractivity contribution in [1.82, 2.24) is 14.4 Å². The summed E-state index contributed by atoms with van der Waals surface area (Å²) in [5, 5.41) is 0.834. The molecule has 2 atom stereocenters. The quantitative estimate of drug-likeness (QED) is 0.396. The number of halogens is 2. The molecular weight excluding hydrogens is 457 g/mol. The molecule has 8 heteroatoms. The Balaban J connectivity index is 1.60. The average Bonchev–Trinajstić information content (AvgIpc) is 3.11. The number of aryl methyl sites for hydroxylation is 1. The molecule has 2 unspecified atom stereocenters. The van der Waals surface area contributed by atoms with E-state index in [-0.39, 0.29) is 29.4 Å². The van der Waals surface area contributed by atoms with Crippen LogP contribution in [0, 0.1) is 5.82 Å². The number of ketones is 2. The highest BCUT2D eigenvalue weighted by Gasteiger charge is 2.33. The number of nitrogens with zero attached hydrogens (tertiary/aromatic N) is 3. The normalized spacial score (nSPS) is 18.9. The molecule has 178 valence electrons. The van der Waals surface area contributed by atoms with E-state index in [4.69, 9.17) is 11.6 Å². The molecule has 1 aromatic heterocycles. The van der Waals surface area contributed by atoms with Crippen molar-refractivity contribution < 1.29 is 18.8 Å². The monoisotopic (exact) mass is 483 g/mol. The Morgan fingerprint density at radius 2 is 1.71 bits per heavy atom. The second kappa shape index (κ2) is 9.31. The van der Waals surface area contributed by atoms with Gasteiger partial charge in [-0.3, -0.25) is 19.3 Å². The van der Waals surface area contributed by atoms with Gasteiger partial charge < -0.3 is 9.47 Å². The number of carbonyl (C=O) groups is 3. The molecule has 1 saturated heterocycles. The average molecular weight is 484 g/mol. The molecule has 0 aliphatic carbocycles. The number of fused-ring (bicyclic) bond motifs is 1. The minimum atomic E-state index is -0.595. The smallest absolute Gasteiger partial charge is 0.255 e. The van der Waals surface area contributed by atoms with Crippen LogP contribution in [0.15, 0.2) is 42.6 Å². The van der Waals surface area contributed by atoms with E-state index in [2.05, 4.69) is 11.8 Å². The lowest BCUT2D eigenvalue weighted by Crippen LogP contribution is -2.57. The third-order valence-electron chi connectivity index (χ3n) is 6.55. The second-order valence-corrected chi connectivity index (χ2v) is 9.51. The van der Waals surface area contributed by atoms with Gasteiger partial charge in [0, 0.05) is 57.3 Å². The molecule has 0 saturated carbocycles. The van der Waals surface area contributed by atoms with Crippen LogP contribution >= 0.6 is 11.6 Å². The van der Waals surface area contributed by atoms with Crippen molar-refractivity contribution in [1.29, 1.82) is 0 Å². The van der Waals surface area contributed by atoms with E-state index in [0.717, 1.165) is 5.56 Å².